The number of fused-ring (bicyclic) bond motifs is 9. The Morgan fingerprint density at radius 2 is 0.797 bits per heavy atom. The van der Waals surface area contributed by atoms with Gasteiger partial charge in [0.25, 0.3) is 0 Å². The summed E-state index contributed by atoms with van der Waals surface area (Å²) in [6.45, 7) is 0. The number of hydrogen-bond donors (Lipinski definition) is 0. The third-order valence-corrected chi connectivity index (χ3v) is 13.6. The molecular formula is C63H39N5O. The van der Waals surface area contributed by atoms with E-state index in [-0.39, 0.29) is 0 Å². The summed E-state index contributed by atoms with van der Waals surface area (Å²) in [4.78, 5) is 15.4. The molecule has 4 aromatic heterocycles. The molecule has 14 aromatic rings. The summed E-state index contributed by atoms with van der Waals surface area (Å²) in [5, 5.41) is 6.97. The van der Waals surface area contributed by atoms with Crippen molar-refractivity contribution in [2.75, 3.05) is 0 Å². The van der Waals surface area contributed by atoms with E-state index >= 15 is 0 Å². The molecule has 0 aliphatic heterocycles. The van der Waals surface area contributed by atoms with Crippen LogP contribution in [0.1, 0.15) is 0 Å². The first-order valence-electron chi connectivity index (χ1n) is 23.3. The van der Waals surface area contributed by atoms with Crippen molar-refractivity contribution in [3.05, 3.63) is 237 Å². The predicted molar refractivity (Wildman–Crippen MR) is 283 cm³/mol. The minimum absolute atomic E-state index is 0.607. The van der Waals surface area contributed by atoms with Crippen LogP contribution in [0.5, 0.6) is 0 Å². The Bertz CT molecular complexity index is 4240. The van der Waals surface area contributed by atoms with Gasteiger partial charge in [0.05, 0.1) is 27.8 Å². The van der Waals surface area contributed by atoms with Crippen molar-refractivity contribution >= 4 is 65.6 Å². The number of hydrogen-bond acceptors (Lipinski definition) is 4. The van der Waals surface area contributed by atoms with Gasteiger partial charge < -0.3 is 13.6 Å². The first kappa shape index (κ1) is 38.8. The Labute approximate surface area is 396 Å². The SMILES string of the molecule is c1ccc(-c2nc(-c3ccccc3)nc(-c3ccccc3-n3c4ccccc4c4c(-c5cccc6c5c5ccc(-c7cccc8oc9ccccc9c78)cc5n6-c5ccccc5)cccc43)n2)cc1. The molecule has 4 heterocycles. The summed E-state index contributed by atoms with van der Waals surface area (Å²) in [5.74, 6) is 1.86. The molecule has 0 amide bonds. The molecule has 0 unspecified atom stereocenters. The van der Waals surface area contributed by atoms with Gasteiger partial charge >= 0.3 is 0 Å². The summed E-state index contributed by atoms with van der Waals surface area (Å²) in [7, 11) is 0. The van der Waals surface area contributed by atoms with E-state index in [4.69, 9.17) is 19.4 Å². The maximum Gasteiger partial charge on any atom is 0.166 e. The standard InChI is InChI=1S/C63H39N5O/c1-4-19-40(20-5-1)61-64-62(41-21-6-2-7-22-41)66-63(65-61)49-26-11-14-32-52(49)68-51-31-13-10-25-47(51)58-45(30-17-34-54(58)68)46-29-16-33-53-59(46)48-38-37-42(39-55(48)67(53)43-23-8-3-9-24-43)44-28-18-36-57-60(44)50-27-12-15-35-56(50)69-57/h1-39H. The highest BCUT2D eigenvalue weighted by Gasteiger charge is 2.24. The predicted octanol–water partition coefficient (Wildman–Crippen LogP) is 16.3. The zero-order valence-corrected chi connectivity index (χ0v) is 37.2. The van der Waals surface area contributed by atoms with Crippen LogP contribution in [0, 0.1) is 0 Å². The summed E-state index contributed by atoms with van der Waals surface area (Å²) in [6, 6.07) is 83.4. The molecule has 0 fully saturated rings. The lowest BCUT2D eigenvalue weighted by atomic mass is 9.94. The molecule has 0 radical (unpaired) electrons. The second-order valence-electron chi connectivity index (χ2n) is 17.5. The number of benzene rings is 10. The smallest absolute Gasteiger partial charge is 0.166 e. The van der Waals surface area contributed by atoms with Crippen LogP contribution < -0.4 is 0 Å². The number of furan rings is 1. The number of para-hydroxylation sites is 4. The van der Waals surface area contributed by atoms with E-state index in [0.29, 0.717) is 17.5 Å². The van der Waals surface area contributed by atoms with Gasteiger partial charge in [-0.3, -0.25) is 0 Å². The van der Waals surface area contributed by atoms with Crippen LogP contribution in [-0.2, 0) is 0 Å². The fourth-order valence-electron chi connectivity index (χ4n) is 10.6. The molecular weight excluding hydrogens is 843 g/mol. The molecule has 0 aliphatic rings. The highest BCUT2D eigenvalue weighted by atomic mass is 16.3. The molecule has 0 bridgehead atoms. The van der Waals surface area contributed by atoms with Gasteiger partial charge in [-0.1, -0.05) is 176 Å². The van der Waals surface area contributed by atoms with Crippen LogP contribution >= 0.6 is 0 Å². The molecule has 10 aromatic carbocycles. The normalized spacial score (nSPS) is 11.8. The minimum atomic E-state index is 0.607. The minimum Gasteiger partial charge on any atom is -0.456 e. The van der Waals surface area contributed by atoms with E-state index in [9.17, 15) is 0 Å². The topological polar surface area (TPSA) is 61.7 Å². The van der Waals surface area contributed by atoms with E-state index in [1.807, 2.05) is 72.8 Å². The van der Waals surface area contributed by atoms with Gasteiger partial charge in [0.15, 0.2) is 17.5 Å². The van der Waals surface area contributed by atoms with Crippen molar-refractivity contribution in [2.45, 2.75) is 0 Å². The van der Waals surface area contributed by atoms with Crippen molar-refractivity contribution < 1.29 is 4.42 Å². The van der Waals surface area contributed by atoms with Crippen LogP contribution in [-0.4, -0.2) is 24.1 Å². The first-order chi connectivity index (χ1) is 34.2. The molecule has 0 saturated heterocycles. The fraction of sp³-hybridized carbons (Fsp3) is 0. The molecule has 14 rings (SSSR count). The Hall–Kier alpha value is -9.39. The second-order valence-corrected chi connectivity index (χ2v) is 17.5. The van der Waals surface area contributed by atoms with Crippen molar-refractivity contribution in [3.8, 4) is 67.8 Å². The summed E-state index contributed by atoms with van der Waals surface area (Å²) < 4.78 is 11.2. The maximum atomic E-state index is 6.36. The van der Waals surface area contributed by atoms with Gasteiger partial charge in [0, 0.05) is 54.7 Å². The average Bonchev–Trinajstić information content (AvgIpc) is 4.09. The lowest BCUT2D eigenvalue weighted by Gasteiger charge is -2.15. The third kappa shape index (κ3) is 6.16. The van der Waals surface area contributed by atoms with Crippen LogP contribution in [0.4, 0.5) is 0 Å². The Morgan fingerprint density at radius 1 is 0.290 bits per heavy atom. The van der Waals surface area contributed by atoms with Gasteiger partial charge in [-0.05, 0) is 82.9 Å². The van der Waals surface area contributed by atoms with E-state index < -0.39 is 0 Å². The quantitative estimate of drug-likeness (QED) is 0.160. The Balaban J connectivity index is 1.01. The third-order valence-electron chi connectivity index (χ3n) is 13.6. The van der Waals surface area contributed by atoms with E-state index in [1.54, 1.807) is 0 Å². The molecule has 0 spiro atoms. The Kier molecular flexibility index (Phi) is 8.79. The van der Waals surface area contributed by atoms with E-state index in [2.05, 4.69) is 173 Å². The van der Waals surface area contributed by atoms with Gasteiger partial charge in [0.2, 0.25) is 0 Å². The van der Waals surface area contributed by atoms with E-state index in [1.165, 1.54) is 21.7 Å². The number of aromatic nitrogens is 5. The largest absolute Gasteiger partial charge is 0.456 e. The molecule has 322 valence electrons. The van der Waals surface area contributed by atoms with Gasteiger partial charge in [-0.2, -0.15) is 0 Å². The fourth-order valence-corrected chi connectivity index (χ4v) is 10.6. The average molecular weight is 882 g/mol. The van der Waals surface area contributed by atoms with Gasteiger partial charge in [-0.15, -0.1) is 0 Å². The molecule has 0 saturated carbocycles. The van der Waals surface area contributed by atoms with Gasteiger partial charge in [0.1, 0.15) is 11.2 Å². The molecule has 0 aliphatic carbocycles. The van der Waals surface area contributed by atoms with E-state index in [0.717, 1.165) is 94.1 Å². The monoisotopic (exact) mass is 881 g/mol. The summed E-state index contributed by atoms with van der Waals surface area (Å²) >= 11 is 0. The highest BCUT2D eigenvalue weighted by Crippen LogP contribution is 2.46. The summed E-state index contributed by atoms with van der Waals surface area (Å²) in [6.07, 6.45) is 0. The summed E-state index contributed by atoms with van der Waals surface area (Å²) in [5.41, 5.74) is 15.7. The molecule has 69 heavy (non-hydrogen) atoms. The molecule has 0 atom stereocenters. The van der Waals surface area contributed by atoms with Crippen molar-refractivity contribution in [1.29, 1.82) is 0 Å². The van der Waals surface area contributed by atoms with Gasteiger partial charge in [-0.25, -0.2) is 15.0 Å². The number of nitrogens with zero attached hydrogens (tertiary/aromatic N) is 5. The van der Waals surface area contributed by atoms with Crippen LogP contribution in [0.2, 0.25) is 0 Å². The second kappa shape index (κ2) is 15.6. The lowest BCUT2D eigenvalue weighted by Crippen LogP contribution is -2.03. The Morgan fingerprint density at radius 3 is 1.52 bits per heavy atom. The molecule has 0 N–H and O–H groups in total. The van der Waals surface area contributed by atoms with Crippen LogP contribution in [0.15, 0.2) is 241 Å². The lowest BCUT2D eigenvalue weighted by molar-refractivity contribution is 0.669. The first-order valence-corrected chi connectivity index (χ1v) is 23.3. The van der Waals surface area contributed by atoms with Crippen LogP contribution in [0.3, 0.4) is 0 Å². The highest BCUT2D eigenvalue weighted by molar-refractivity contribution is 6.23. The van der Waals surface area contributed by atoms with Crippen LogP contribution in [0.25, 0.3) is 133 Å². The molecule has 6 heteroatoms. The van der Waals surface area contributed by atoms with Crippen molar-refractivity contribution in [1.82, 2.24) is 24.1 Å². The van der Waals surface area contributed by atoms with Crippen molar-refractivity contribution in [3.63, 3.8) is 0 Å². The van der Waals surface area contributed by atoms with Crippen molar-refractivity contribution in [2.24, 2.45) is 0 Å². The number of rotatable bonds is 7. The zero-order valence-electron chi connectivity index (χ0n) is 37.2. The zero-order chi connectivity index (χ0) is 45.4. The molecule has 6 nitrogen and oxygen atoms in total. The maximum absolute atomic E-state index is 6.36.